The van der Waals surface area contributed by atoms with Gasteiger partial charge in [-0.25, -0.2) is 0 Å². The lowest BCUT2D eigenvalue weighted by atomic mass is 10.3. The highest BCUT2D eigenvalue weighted by Crippen LogP contribution is 2.58. The summed E-state index contributed by atoms with van der Waals surface area (Å²) in [5, 5.41) is 4.22. The SMILES string of the molecule is Cc1ccc(C[P+](c2ccccc2)(c2ccccc2)c2ccccc2)cn1.Cl. The van der Waals surface area contributed by atoms with Crippen LogP contribution in [-0.2, 0) is 6.16 Å². The van der Waals surface area contributed by atoms with Gasteiger partial charge in [0.05, 0.1) is 6.16 Å². The Morgan fingerprint density at radius 2 is 1.04 bits per heavy atom. The molecule has 0 aliphatic heterocycles. The summed E-state index contributed by atoms with van der Waals surface area (Å²) in [7, 11) is -1.83. The van der Waals surface area contributed by atoms with Gasteiger partial charge in [0.2, 0.25) is 0 Å². The minimum atomic E-state index is -1.83. The van der Waals surface area contributed by atoms with Crippen LogP contribution in [0.5, 0.6) is 0 Å². The van der Waals surface area contributed by atoms with Gasteiger partial charge in [-0.2, -0.15) is 0 Å². The van der Waals surface area contributed by atoms with Crippen LogP contribution < -0.4 is 15.9 Å². The monoisotopic (exact) mass is 404 g/mol. The van der Waals surface area contributed by atoms with Crippen LogP contribution in [0.3, 0.4) is 0 Å². The molecular weight excluding hydrogens is 381 g/mol. The fraction of sp³-hybridized carbons (Fsp3) is 0.0800. The molecule has 0 aliphatic rings. The van der Waals surface area contributed by atoms with E-state index < -0.39 is 7.26 Å². The van der Waals surface area contributed by atoms with E-state index >= 15 is 0 Å². The molecule has 1 aromatic heterocycles. The molecule has 140 valence electrons. The number of aryl methyl sites for hydroxylation is 1. The van der Waals surface area contributed by atoms with Crippen molar-refractivity contribution in [2.75, 3.05) is 0 Å². The van der Waals surface area contributed by atoms with Gasteiger partial charge in [0.25, 0.3) is 0 Å². The Kier molecular flexibility index (Phi) is 6.62. The first kappa shape index (κ1) is 20.3. The fourth-order valence-corrected chi connectivity index (χ4v) is 7.85. The molecule has 0 saturated heterocycles. The number of hydrogen-bond acceptors (Lipinski definition) is 1. The highest BCUT2D eigenvalue weighted by molar-refractivity contribution is 7.95. The normalized spacial score (nSPS) is 10.9. The second-order valence-corrected chi connectivity index (χ2v) is 10.3. The van der Waals surface area contributed by atoms with E-state index in [2.05, 4.69) is 108 Å². The maximum Gasteiger partial charge on any atom is 0.116 e. The Morgan fingerprint density at radius 3 is 1.39 bits per heavy atom. The molecule has 28 heavy (non-hydrogen) atoms. The Hall–Kier alpha value is -2.47. The van der Waals surface area contributed by atoms with Gasteiger partial charge in [-0.05, 0) is 49.4 Å². The first-order chi connectivity index (χ1) is 13.3. The van der Waals surface area contributed by atoms with Gasteiger partial charge in [0, 0.05) is 17.5 Å². The molecule has 4 aromatic rings. The molecule has 0 amide bonds. The maximum absolute atomic E-state index is 4.56. The van der Waals surface area contributed by atoms with Crippen molar-refractivity contribution in [1.29, 1.82) is 0 Å². The van der Waals surface area contributed by atoms with Crippen LogP contribution in [0, 0.1) is 6.92 Å². The van der Waals surface area contributed by atoms with Crippen LogP contribution in [0.1, 0.15) is 11.3 Å². The fourth-order valence-electron chi connectivity index (χ4n) is 3.63. The molecule has 3 aromatic carbocycles. The van der Waals surface area contributed by atoms with Crippen molar-refractivity contribution < 1.29 is 0 Å². The molecule has 1 heterocycles. The first-order valence-electron chi connectivity index (χ1n) is 9.25. The van der Waals surface area contributed by atoms with E-state index in [1.165, 1.54) is 21.5 Å². The van der Waals surface area contributed by atoms with E-state index in [-0.39, 0.29) is 12.4 Å². The standard InChI is InChI=1S/C25H23NP.ClH/c1-21-17-18-22(19-26-21)20-27(23-11-5-2-6-12-23,24-13-7-3-8-14-24)25-15-9-4-10-16-25;/h2-19H,20H2,1H3;1H/q+1;. The second-order valence-electron chi connectivity index (χ2n) is 6.78. The molecule has 0 unspecified atom stereocenters. The number of nitrogens with zero attached hydrogens (tertiary/aromatic N) is 1. The first-order valence-corrected chi connectivity index (χ1v) is 11.2. The average molecular weight is 405 g/mol. The second kappa shape index (κ2) is 9.15. The summed E-state index contributed by atoms with van der Waals surface area (Å²) < 4.78 is 0. The molecule has 0 fully saturated rings. The zero-order valence-electron chi connectivity index (χ0n) is 15.9. The third-order valence-corrected chi connectivity index (χ3v) is 9.36. The van der Waals surface area contributed by atoms with Crippen LogP contribution in [0.15, 0.2) is 109 Å². The molecule has 0 N–H and O–H groups in total. The highest BCUT2D eigenvalue weighted by Gasteiger charge is 2.45. The maximum atomic E-state index is 4.56. The van der Waals surface area contributed by atoms with Gasteiger partial charge in [0.15, 0.2) is 0 Å². The predicted octanol–water partition coefficient (Wildman–Crippen LogP) is 5.31. The third kappa shape index (κ3) is 4.02. The van der Waals surface area contributed by atoms with Gasteiger partial charge in [-0.15, -0.1) is 12.4 Å². The molecule has 3 heteroatoms. The number of rotatable bonds is 5. The lowest BCUT2D eigenvalue weighted by molar-refractivity contribution is 1.16. The molecule has 0 spiro atoms. The zero-order valence-corrected chi connectivity index (χ0v) is 17.6. The van der Waals surface area contributed by atoms with E-state index in [1.807, 2.05) is 13.1 Å². The van der Waals surface area contributed by atoms with Crippen LogP contribution in [0.25, 0.3) is 0 Å². The molecule has 0 saturated carbocycles. The number of benzene rings is 3. The van der Waals surface area contributed by atoms with E-state index in [0.717, 1.165) is 11.9 Å². The summed E-state index contributed by atoms with van der Waals surface area (Å²) in [6, 6.07) is 37.3. The quantitative estimate of drug-likeness (QED) is 0.411. The van der Waals surface area contributed by atoms with E-state index in [4.69, 9.17) is 0 Å². The van der Waals surface area contributed by atoms with Crippen LogP contribution in [0.4, 0.5) is 0 Å². The molecular formula is C25H24ClNP+. The van der Waals surface area contributed by atoms with E-state index in [9.17, 15) is 0 Å². The molecule has 1 nitrogen and oxygen atoms in total. The Balaban J connectivity index is 0.00000225. The number of halogens is 1. The lowest BCUT2D eigenvalue weighted by Gasteiger charge is -2.27. The van der Waals surface area contributed by atoms with Gasteiger partial charge in [-0.1, -0.05) is 60.7 Å². The third-order valence-electron chi connectivity index (χ3n) is 4.98. The van der Waals surface area contributed by atoms with Crippen molar-refractivity contribution in [3.63, 3.8) is 0 Å². The molecule has 0 bridgehead atoms. The summed E-state index contributed by atoms with van der Waals surface area (Å²) in [6.07, 6.45) is 3.01. The molecule has 0 atom stereocenters. The summed E-state index contributed by atoms with van der Waals surface area (Å²) in [5.74, 6) is 0. The summed E-state index contributed by atoms with van der Waals surface area (Å²) in [6.45, 7) is 2.04. The Morgan fingerprint density at radius 1 is 0.607 bits per heavy atom. The van der Waals surface area contributed by atoms with Gasteiger partial charge in [0.1, 0.15) is 23.2 Å². The smallest absolute Gasteiger partial charge is 0.116 e. The van der Waals surface area contributed by atoms with Crippen molar-refractivity contribution >= 4 is 35.6 Å². The van der Waals surface area contributed by atoms with E-state index in [1.54, 1.807) is 0 Å². The van der Waals surface area contributed by atoms with Crippen molar-refractivity contribution in [2.45, 2.75) is 13.1 Å². The molecule has 0 aliphatic carbocycles. The van der Waals surface area contributed by atoms with Crippen molar-refractivity contribution in [3.8, 4) is 0 Å². The van der Waals surface area contributed by atoms with Crippen LogP contribution in [0.2, 0.25) is 0 Å². The van der Waals surface area contributed by atoms with E-state index in [0.29, 0.717) is 0 Å². The zero-order chi connectivity index (χ0) is 18.5. The average Bonchev–Trinajstić information content (AvgIpc) is 2.75. The number of pyridine rings is 1. The molecule has 0 radical (unpaired) electrons. The highest BCUT2D eigenvalue weighted by atomic mass is 35.5. The minimum Gasteiger partial charge on any atom is -0.261 e. The van der Waals surface area contributed by atoms with Gasteiger partial charge < -0.3 is 0 Å². The number of aromatic nitrogens is 1. The number of hydrogen-bond donors (Lipinski definition) is 0. The van der Waals surface area contributed by atoms with Crippen LogP contribution >= 0.6 is 19.7 Å². The molecule has 4 rings (SSSR count). The lowest BCUT2D eigenvalue weighted by Crippen LogP contribution is -2.32. The largest absolute Gasteiger partial charge is 0.261 e. The predicted molar refractivity (Wildman–Crippen MR) is 125 cm³/mol. The topological polar surface area (TPSA) is 12.9 Å². The van der Waals surface area contributed by atoms with Crippen molar-refractivity contribution in [1.82, 2.24) is 4.98 Å². The summed E-state index contributed by atoms with van der Waals surface area (Å²) in [4.78, 5) is 4.56. The van der Waals surface area contributed by atoms with Gasteiger partial charge in [-0.3, -0.25) is 4.98 Å². The van der Waals surface area contributed by atoms with Crippen molar-refractivity contribution in [2.24, 2.45) is 0 Å². The van der Waals surface area contributed by atoms with Crippen molar-refractivity contribution in [3.05, 3.63) is 121 Å². The Bertz CT molecular complexity index is 890. The Labute approximate surface area is 174 Å². The summed E-state index contributed by atoms with van der Waals surface area (Å²) in [5.41, 5.74) is 2.34. The summed E-state index contributed by atoms with van der Waals surface area (Å²) >= 11 is 0. The van der Waals surface area contributed by atoms with Gasteiger partial charge >= 0.3 is 0 Å². The minimum absolute atomic E-state index is 0. The van der Waals surface area contributed by atoms with Crippen LogP contribution in [-0.4, -0.2) is 4.98 Å².